The summed E-state index contributed by atoms with van der Waals surface area (Å²) in [4.78, 5) is 0. The number of benzene rings is 1. The molecule has 0 atom stereocenters. The molecule has 1 aromatic carbocycles. The Bertz CT molecular complexity index is 255. The van der Waals surface area contributed by atoms with E-state index in [4.69, 9.17) is 6.58 Å². The fourth-order valence-corrected chi connectivity index (χ4v) is 0.990. The summed E-state index contributed by atoms with van der Waals surface area (Å²) >= 11 is 0. The molecule has 0 aromatic heterocycles. The monoisotopic (exact) mass is 143 g/mol. The van der Waals surface area contributed by atoms with Crippen LogP contribution in [0.4, 0.5) is 0 Å². The van der Waals surface area contributed by atoms with E-state index in [9.17, 15) is 0 Å². The van der Waals surface area contributed by atoms with Crippen LogP contribution in [0.1, 0.15) is 12.5 Å². The van der Waals surface area contributed by atoms with Crippen molar-refractivity contribution in [2.24, 2.45) is 0 Å². The zero-order valence-corrected chi connectivity index (χ0v) is 6.62. The number of hydrogen-bond donors (Lipinski definition) is 0. The van der Waals surface area contributed by atoms with Gasteiger partial charge < -0.3 is 0 Å². The smallest absolute Gasteiger partial charge is 0.0187 e. The Morgan fingerprint density at radius 3 is 2.36 bits per heavy atom. The molecule has 0 unspecified atom stereocenters. The van der Waals surface area contributed by atoms with Gasteiger partial charge in [0.1, 0.15) is 0 Å². The van der Waals surface area contributed by atoms with Gasteiger partial charge in [0.25, 0.3) is 0 Å². The molecule has 0 heterocycles. The van der Waals surface area contributed by atoms with Gasteiger partial charge in [0, 0.05) is 0 Å². The molecule has 0 bridgehead atoms. The Hall–Kier alpha value is -1.30. The molecule has 1 radical (unpaired) electrons. The first-order chi connectivity index (χ1) is 5.38. The van der Waals surface area contributed by atoms with Crippen molar-refractivity contribution in [1.82, 2.24) is 0 Å². The summed E-state index contributed by atoms with van der Waals surface area (Å²) in [5.74, 6) is 0. The van der Waals surface area contributed by atoms with Gasteiger partial charge in [-0.3, -0.25) is 0 Å². The van der Waals surface area contributed by atoms with Crippen LogP contribution in [0.25, 0.3) is 5.57 Å². The fourth-order valence-electron chi connectivity index (χ4n) is 0.990. The Balaban J connectivity index is 3.01. The largest absolute Gasteiger partial charge is 0.0798 e. The lowest BCUT2D eigenvalue weighted by Crippen LogP contribution is -1.76. The van der Waals surface area contributed by atoms with Crippen molar-refractivity contribution >= 4 is 5.57 Å². The molecular weight excluding hydrogens is 132 g/mol. The molecule has 0 aliphatic carbocycles. The first kappa shape index (κ1) is 7.80. The molecule has 0 aliphatic heterocycles. The van der Waals surface area contributed by atoms with E-state index in [1.807, 2.05) is 43.3 Å². The second-order valence-corrected chi connectivity index (χ2v) is 2.28. The van der Waals surface area contributed by atoms with Crippen molar-refractivity contribution in [3.05, 3.63) is 54.6 Å². The highest BCUT2D eigenvalue weighted by molar-refractivity contribution is 5.72. The van der Waals surface area contributed by atoms with Crippen molar-refractivity contribution in [3.63, 3.8) is 0 Å². The van der Waals surface area contributed by atoms with Crippen molar-refractivity contribution in [1.29, 1.82) is 0 Å². The second-order valence-electron chi connectivity index (χ2n) is 2.28. The lowest BCUT2D eigenvalue weighted by molar-refractivity contribution is 1.60. The highest BCUT2D eigenvalue weighted by atomic mass is 14.0. The van der Waals surface area contributed by atoms with Crippen molar-refractivity contribution < 1.29 is 0 Å². The third-order valence-electron chi connectivity index (χ3n) is 1.60. The Morgan fingerprint density at radius 2 is 1.91 bits per heavy atom. The highest BCUT2D eigenvalue weighted by Gasteiger charge is 1.91. The zero-order valence-electron chi connectivity index (χ0n) is 6.62. The van der Waals surface area contributed by atoms with Crippen molar-refractivity contribution in [3.8, 4) is 0 Å². The number of hydrogen-bond acceptors (Lipinski definition) is 0. The van der Waals surface area contributed by atoms with E-state index < -0.39 is 0 Å². The van der Waals surface area contributed by atoms with Crippen LogP contribution in [-0.2, 0) is 0 Å². The van der Waals surface area contributed by atoms with Crippen LogP contribution in [0.2, 0.25) is 0 Å². The summed E-state index contributed by atoms with van der Waals surface area (Å²) in [6.45, 7) is 7.40. The summed E-state index contributed by atoms with van der Waals surface area (Å²) < 4.78 is 0. The molecule has 0 N–H and O–H groups in total. The molecule has 0 heteroatoms. The first-order valence-corrected chi connectivity index (χ1v) is 3.65. The Morgan fingerprint density at radius 1 is 1.27 bits per heavy atom. The lowest BCUT2D eigenvalue weighted by Gasteiger charge is -1.98. The molecule has 0 saturated heterocycles. The molecule has 0 saturated carbocycles. The van der Waals surface area contributed by atoms with Crippen LogP contribution in [0, 0.1) is 6.58 Å². The Kier molecular flexibility index (Phi) is 2.67. The van der Waals surface area contributed by atoms with Crippen LogP contribution in [0.5, 0.6) is 0 Å². The van der Waals surface area contributed by atoms with Crippen LogP contribution in [-0.4, -0.2) is 0 Å². The van der Waals surface area contributed by atoms with E-state index in [0.717, 1.165) is 11.1 Å². The average Bonchev–Trinajstić information content (AvgIpc) is 2.09. The van der Waals surface area contributed by atoms with Gasteiger partial charge >= 0.3 is 0 Å². The highest BCUT2D eigenvalue weighted by Crippen LogP contribution is 2.13. The quantitative estimate of drug-likeness (QED) is 0.558. The van der Waals surface area contributed by atoms with Crippen LogP contribution in [0.3, 0.4) is 0 Å². The maximum Gasteiger partial charge on any atom is -0.0187 e. The maximum atomic E-state index is 5.42. The van der Waals surface area contributed by atoms with Crippen LogP contribution >= 0.6 is 0 Å². The van der Waals surface area contributed by atoms with Gasteiger partial charge in [0.2, 0.25) is 0 Å². The molecule has 0 amide bonds. The molecule has 1 rings (SSSR count). The van der Waals surface area contributed by atoms with Crippen molar-refractivity contribution in [2.45, 2.75) is 6.92 Å². The second kappa shape index (κ2) is 3.77. The van der Waals surface area contributed by atoms with Gasteiger partial charge in [0.05, 0.1) is 0 Å². The van der Waals surface area contributed by atoms with Gasteiger partial charge in [-0.15, -0.1) is 0 Å². The van der Waals surface area contributed by atoms with Gasteiger partial charge in [-0.25, -0.2) is 0 Å². The normalized spacial score (nSPS) is 11.2. The number of rotatable bonds is 2. The molecule has 0 spiro atoms. The van der Waals surface area contributed by atoms with Gasteiger partial charge in [-0.05, 0) is 18.1 Å². The minimum absolute atomic E-state index is 1.07. The summed E-state index contributed by atoms with van der Waals surface area (Å²) in [5.41, 5.74) is 2.24. The third-order valence-corrected chi connectivity index (χ3v) is 1.60. The summed E-state index contributed by atoms with van der Waals surface area (Å²) in [5, 5.41) is 0. The van der Waals surface area contributed by atoms with E-state index in [0.29, 0.717) is 0 Å². The molecule has 0 nitrogen and oxygen atoms in total. The number of allylic oxidation sites excluding steroid dienone is 3. The molecule has 55 valence electrons. The molecule has 0 fully saturated rings. The van der Waals surface area contributed by atoms with E-state index in [2.05, 4.69) is 0 Å². The van der Waals surface area contributed by atoms with E-state index >= 15 is 0 Å². The lowest BCUT2D eigenvalue weighted by atomic mass is 10.1. The average molecular weight is 143 g/mol. The SMILES string of the molecule is [CH]=CC(=CC)c1ccccc1. The molecule has 1 aromatic rings. The molecule has 0 aliphatic rings. The van der Waals surface area contributed by atoms with E-state index in [1.165, 1.54) is 0 Å². The summed E-state index contributed by atoms with van der Waals surface area (Å²) in [7, 11) is 0. The topological polar surface area (TPSA) is 0 Å². The van der Waals surface area contributed by atoms with Gasteiger partial charge in [0.15, 0.2) is 0 Å². The van der Waals surface area contributed by atoms with Crippen molar-refractivity contribution in [2.75, 3.05) is 0 Å². The summed E-state index contributed by atoms with van der Waals surface area (Å²) in [6.07, 6.45) is 3.62. The molecule has 11 heavy (non-hydrogen) atoms. The first-order valence-electron chi connectivity index (χ1n) is 3.65. The molecular formula is C11H11. The minimum Gasteiger partial charge on any atom is -0.0798 e. The van der Waals surface area contributed by atoms with E-state index in [-0.39, 0.29) is 0 Å². The Labute approximate surface area is 67.9 Å². The third kappa shape index (κ3) is 1.81. The standard InChI is InChI=1S/C11H11/c1-3-10(4-2)11-8-6-5-7-9-11/h1,3-9H,2H3. The predicted octanol–water partition coefficient (Wildman–Crippen LogP) is 3.08. The zero-order chi connectivity index (χ0) is 8.10. The van der Waals surface area contributed by atoms with E-state index in [1.54, 1.807) is 6.08 Å². The minimum atomic E-state index is 1.07. The maximum absolute atomic E-state index is 5.42. The summed E-state index contributed by atoms with van der Waals surface area (Å²) in [6, 6.07) is 10.1. The fraction of sp³-hybridized carbons (Fsp3) is 0.0909. The van der Waals surface area contributed by atoms with Gasteiger partial charge in [-0.1, -0.05) is 49.1 Å². The van der Waals surface area contributed by atoms with Crippen LogP contribution < -0.4 is 0 Å². The van der Waals surface area contributed by atoms with Crippen LogP contribution in [0.15, 0.2) is 42.5 Å². The van der Waals surface area contributed by atoms with Gasteiger partial charge in [-0.2, -0.15) is 0 Å². The predicted molar refractivity (Wildman–Crippen MR) is 49.0 cm³/mol.